The van der Waals surface area contributed by atoms with Gasteiger partial charge in [0.1, 0.15) is 12.1 Å². The lowest BCUT2D eigenvalue weighted by molar-refractivity contribution is -0.150. The molecule has 162 valence electrons. The second-order valence-electron chi connectivity index (χ2n) is 7.42. The summed E-state index contributed by atoms with van der Waals surface area (Å²) in [5.74, 6) is -1.88. The van der Waals surface area contributed by atoms with Crippen molar-refractivity contribution in [3.05, 3.63) is 65.2 Å². The molecule has 4 amide bonds. The first kappa shape index (κ1) is 22.0. The number of imide groups is 1. The first-order valence-corrected chi connectivity index (χ1v) is 10.00. The minimum Gasteiger partial charge on any atom is -0.454 e. The molecule has 0 radical (unpaired) electrons. The molecule has 8 heteroatoms. The van der Waals surface area contributed by atoms with Gasteiger partial charge in [-0.05, 0) is 37.0 Å². The number of carbonyl (C=O) groups excluding carboxylic acids is 4. The molecule has 31 heavy (non-hydrogen) atoms. The third-order valence-electron chi connectivity index (χ3n) is 5.37. The molecule has 1 atom stereocenters. The maximum Gasteiger partial charge on any atom is 0.326 e. The molecule has 0 bridgehead atoms. The van der Waals surface area contributed by atoms with Gasteiger partial charge >= 0.3 is 12.0 Å². The van der Waals surface area contributed by atoms with E-state index in [9.17, 15) is 19.2 Å². The molecule has 1 aliphatic rings. The van der Waals surface area contributed by atoms with Gasteiger partial charge in [-0.25, -0.2) is 4.79 Å². The van der Waals surface area contributed by atoms with Crippen molar-refractivity contribution in [3.63, 3.8) is 0 Å². The van der Waals surface area contributed by atoms with Crippen LogP contribution in [0.2, 0.25) is 0 Å². The van der Waals surface area contributed by atoms with E-state index < -0.39 is 42.5 Å². The number of nitrogens with zero attached hydrogens (tertiary/aromatic N) is 1. The quantitative estimate of drug-likeness (QED) is 0.526. The van der Waals surface area contributed by atoms with Gasteiger partial charge in [0.05, 0.1) is 0 Å². The van der Waals surface area contributed by atoms with Crippen molar-refractivity contribution in [2.24, 2.45) is 0 Å². The predicted octanol–water partition coefficient (Wildman–Crippen LogP) is 2.64. The summed E-state index contributed by atoms with van der Waals surface area (Å²) >= 11 is 0. The Morgan fingerprint density at radius 3 is 2.29 bits per heavy atom. The highest BCUT2D eigenvalue weighted by atomic mass is 16.5. The van der Waals surface area contributed by atoms with Crippen LogP contribution in [-0.4, -0.2) is 41.9 Å². The smallest absolute Gasteiger partial charge is 0.326 e. The average Bonchev–Trinajstić information content (AvgIpc) is 3.00. The number of aryl methyl sites for hydroxylation is 2. The van der Waals surface area contributed by atoms with E-state index in [2.05, 4.69) is 10.6 Å². The minimum atomic E-state index is -1.22. The SMILES string of the molecule is CCC1(c2ccccc2)NC(=O)N(CC(=O)OCC(=O)Nc2c(C)cccc2C)C1=O. The summed E-state index contributed by atoms with van der Waals surface area (Å²) in [6, 6.07) is 13.8. The van der Waals surface area contributed by atoms with Crippen LogP contribution in [0.1, 0.15) is 30.0 Å². The monoisotopic (exact) mass is 423 g/mol. The minimum absolute atomic E-state index is 0.325. The number of carbonyl (C=O) groups is 4. The van der Waals surface area contributed by atoms with Crippen LogP contribution < -0.4 is 10.6 Å². The molecule has 2 aromatic rings. The lowest BCUT2D eigenvalue weighted by Crippen LogP contribution is -2.44. The maximum atomic E-state index is 13.0. The number of hydrogen-bond acceptors (Lipinski definition) is 5. The topological polar surface area (TPSA) is 105 Å². The second-order valence-corrected chi connectivity index (χ2v) is 7.42. The van der Waals surface area contributed by atoms with Crippen molar-refractivity contribution < 1.29 is 23.9 Å². The summed E-state index contributed by atoms with van der Waals surface area (Å²) in [5.41, 5.74) is 1.85. The third kappa shape index (κ3) is 4.42. The highest BCUT2D eigenvalue weighted by Crippen LogP contribution is 2.32. The van der Waals surface area contributed by atoms with Gasteiger partial charge in [0.2, 0.25) is 0 Å². The van der Waals surface area contributed by atoms with E-state index in [1.165, 1.54) is 0 Å². The molecule has 0 aliphatic carbocycles. The average molecular weight is 423 g/mol. The van der Waals surface area contributed by atoms with E-state index in [1.807, 2.05) is 38.1 Å². The highest BCUT2D eigenvalue weighted by Gasteiger charge is 2.51. The summed E-state index contributed by atoms with van der Waals surface area (Å²) in [4.78, 5) is 50.7. The number of amides is 4. The standard InChI is InChI=1S/C23H25N3O5/c1-4-23(17-11-6-5-7-12-17)21(29)26(22(30)25-23)13-19(28)31-14-18(27)24-20-15(2)9-8-10-16(20)3/h5-12H,4,13-14H2,1-3H3,(H,24,27)(H,25,30). The Hall–Kier alpha value is -3.68. The zero-order chi connectivity index (χ0) is 22.6. The number of rotatable bonds is 7. The van der Waals surface area contributed by atoms with Crippen molar-refractivity contribution in [1.29, 1.82) is 0 Å². The summed E-state index contributed by atoms with van der Waals surface area (Å²) in [7, 11) is 0. The second kappa shape index (κ2) is 8.99. The number of hydrogen-bond donors (Lipinski definition) is 2. The van der Waals surface area contributed by atoms with Crippen molar-refractivity contribution in [2.75, 3.05) is 18.5 Å². The van der Waals surface area contributed by atoms with Gasteiger partial charge < -0.3 is 15.4 Å². The summed E-state index contributed by atoms with van der Waals surface area (Å²) in [6.45, 7) is 4.41. The number of nitrogens with one attached hydrogen (secondary N) is 2. The van der Waals surface area contributed by atoms with Crippen LogP contribution in [0.4, 0.5) is 10.5 Å². The van der Waals surface area contributed by atoms with E-state index in [0.29, 0.717) is 17.7 Å². The Kier molecular flexibility index (Phi) is 6.39. The van der Waals surface area contributed by atoms with Gasteiger partial charge in [-0.15, -0.1) is 0 Å². The molecule has 2 N–H and O–H groups in total. The lowest BCUT2D eigenvalue weighted by Gasteiger charge is -2.25. The lowest BCUT2D eigenvalue weighted by atomic mass is 9.87. The fourth-order valence-electron chi connectivity index (χ4n) is 3.64. The molecule has 1 saturated heterocycles. The van der Waals surface area contributed by atoms with Crippen molar-refractivity contribution >= 4 is 29.5 Å². The maximum absolute atomic E-state index is 13.0. The molecule has 8 nitrogen and oxygen atoms in total. The van der Waals surface area contributed by atoms with Gasteiger partial charge in [-0.1, -0.05) is 55.5 Å². The van der Waals surface area contributed by atoms with Crippen molar-refractivity contribution in [2.45, 2.75) is 32.7 Å². The summed E-state index contributed by atoms with van der Waals surface area (Å²) < 4.78 is 5.00. The Labute approximate surface area is 180 Å². The van der Waals surface area contributed by atoms with Gasteiger partial charge in [-0.3, -0.25) is 19.3 Å². The Morgan fingerprint density at radius 2 is 1.68 bits per heavy atom. The molecular formula is C23H25N3O5. The number of benzene rings is 2. The largest absolute Gasteiger partial charge is 0.454 e. The van der Waals surface area contributed by atoms with E-state index >= 15 is 0 Å². The number of esters is 1. The Bertz CT molecular complexity index is 1000. The summed E-state index contributed by atoms with van der Waals surface area (Å²) in [6.07, 6.45) is 0.325. The number of anilines is 1. The molecule has 1 unspecified atom stereocenters. The van der Waals surface area contributed by atoms with Gasteiger partial charge in [-0.2, -0.15) is 0 Å². The molecule has 0 spiro atoms. The number of para-hydroxylation sites is 1. The fraction of sp³-hybridized carbons (Fsp3) is 0.304. The fourth-order valence-corrected chi connectivity index (χ4v) is 3.64. The normalized spacial score (nSPS) is 18.0. The first-order chi connectivity index (χ1) is 14.8. The van der Waals surface area contributed by atoms with Gasteiger partial charge in [0.25, 0.3) is 11.8 Å². The highest BCUT2D eigenvalue weighted by molar-refractivity contribution is 6.09. The molecule has 1 fully saturated rings. The van der Waals surface area contributed by atoms with Gasteiger partial charge in [0.15, 0.2) is 6.61 Å². The molecule has 0 saturated carbocycles. The van der Waals surface area contributed by atoms with Crippen LogP contribution in [-0.2, 0) is 24.7 Å². The van der Waals surface area contributed by atoms with Crippen LogP contribution in [0, 0.1) is 13.8 Å². The Balaban J connectivity index is 1.61. The zero-order valence-electron chi connectivity index (χ0n) is 17.7. The van der Waals surface area contributed by atoms with E-state index in [1.54, 1.807) is 31.2 Å². The molecule has 2 aromatic carbocycles. The molecule has 1 aliphatic heterocycles. The molecule has 1 heterocycles. The van der Waals surface area contributed by atoms with Crippen LogP contribution in [0.15, 0.2) is 48.5 Å². The van der Waals surface area contributed by atoms with Crippen LogP contribution >= 0.6 is 0 Å². The first-order valence-electron chi connectivity index (χ1n) is 10.00. The van der Waals surface area contributed by atoms with E-state index in [4.69, 9.17) is 4.74 Å². The number of urea groups is 1. The Morgan fingerprint density at radius 1 is 1.03 bits per heavy atom. The van der Waals surface area contributed by atoms with Crippen molar-refractivity contribution in [3.8, 4) is 0 Å². The van der Waals surface area contributed by atoms with Crippen LogP contribution in [0.5, 0.6) is 0 Å². The molecule has 3 rings (SSSR count). The van der Waals surface area contributed by atoms with Crippen molar-refractivity contribution in [1.82, 2.24) is 10.2 Å². The molecule has 0 aromatic heterocycles. The van der Waals surface area contributed by atoms with Gasteiger partial charge in [0, 0.05) is 5.69 Å². The van der Waals surface area contributed by atoms with Crippen LogP contribution in [0.25, 0.3) is 0 Å². The zero-order valence-corrected chi connectivity index (χ0v) is 17.7. The van der Waals surface area contributed by atoms with E-state index in [-0.39, 0.29) is 0 Å². The van der Waals surface area contributed by atoms with E-state index in [0.717, 1.165) is 16.0 Å². The third-order valence-corrected chi connectivity index (χ3v) is 5.37. The van der Waals surface area contributed by atoms with Crippen LogP contribution in [0.3, 0.4) is 0 Å². The molecular weight excluding hydrogens is 398 g/mol. The summed E-state index contributed by atoms with van der Waals surface area (Å²) in [5, 5.41) is 5.41. The predicted molar refractivity (Wildman–Crippen MR) is 114 cm³/mol. The number of ether oxygens (including phenoxy) is 1.